The smallest absolute Gasteiger partial charge is 0.261 e. The summed E-state index contributed by atoms with van der Waals surface area (Å²) in [5.41, 5.74) is 1.93. The molecule has 2 N–H and O–H groups in total. The lowest BCUT2D eigenvalue weighted by Crippen LogP contribution is -2.34. The third-order valence-corrected chi connectivity index (χ3v) is 7.12. The summed E-state index contributed by atoms with van der Waals surface area (Å²) in [6.45, 7) is 2.63. The minimum absolute atomic E-state index is 0.00483. The van der Waals surface area contributed by atoms with Crippen molar-refractivity contribution < 1.29 is 21.6 Å². The van der Waals surface area contributed by atoms with Crippen LogP contribution in [0.5, 0.6) is 0 Å². The largest absolute Gasteiger partial charge is 0.338 e. The number of amides is 1. The number of benzene rings is 2. The van der Waals surface area contributed by atoms with Crippen LogP contribution in [0.4, 0.5) is 0 Å². The molecule has 0 saturated heterocycles. The predicted octanol–water partition coefficient (Wildman–Crippen LogP) is 2.40. The van der Waals surface area contributed by atoms with Crippen molar-refractivity contribution in [1.29, 1.82) is 0 Å². The van der Waals surface area contributed by atoms with Crippen molar-refractivity contribution >= 4 is 46.4 Å². The maximum atomic E-state index is 11.3. The highest BCUT2D eigenvalue weighted by atomic mass is 35.7. The van der Waals surface area contributed by atoms with Crippen molar-refractivity contribution in [2.24, 2.45) is 5.14 Å². The summed E-state index contributed by atoms with van der Waals surface area (Å²) >= 11 is 0. The monoisotopic (exact) mass is 481 g/mol. The van der Waals surface area contributed by atoms with Crippen LogP contribution in [0, 0.1) is 0 Å². The summed E-state index contributed by atoms with van der Waals surface area (Å²) in [5, 5.41) is 6.70. The van der Waals surface area contributed by atoms with E-state index >= 15 is 0 Å². The number of sulfonamides is 1. The van der Waals surface area contributed by atoms with Crippen molar-refractivity contribution in [2.75, 3.05) is 6.54 Å². The molecule has 0 spiro atoms. The van der Waals surface area contributed by atoms with Crippen molar-refractivity contribution in [2.45, 2.75) is 29.7 Å². The van der Waals surface area contributed by atoms with Crippen LogP contribution in [0.25, 0.3) is 10.8 Å². The van der Waals surface area contributed by atoms with E-state index < -0.39 is 19.1 Å². The number of nitrogens with two attached hydrogens (primary N) is 1. The van der Waals surface area contributed by atoms with E-state index in [1.807, 2.05) is 6.07 Å². The normalized spacial score (nSPS) is 13.8. The third kappa shape index (κ3) is 5.79. The van der Waals surface area contributed by atoms with Gasteiger partial charge >= 0.3 is 0 Å². The molecule has 2 heterocycles. The van der Waals surface area contributed by atoms with Gasteiger partial charge in [0.05, 0.1) is 9.79 Å². The Morgan fingerprint density at radius 2 is 1.71 bits per heavy atom. The van der Waals surface area contributed by atoms with E-state index in [-0.39, 0.29) is 15.7 Å². The molecule has 0 aliphatic carbocycles. The molecule has 0 atom stereocenters. The zero-order valence-electron chi connectivity index (χ0n) is 16.5. The predicted molar refractivity (Wildman–Crippen MR) is 117 cm³/mol. The third-order valence-electron chi connectivity index (χ3n) is 4.86. The summed E-state index contributed by atoms with van der Waals surface area (Å²) in [7, 11) is -2.04. The number of carbonyl (C=O) groups is 1. The van der Waals surface area contributed by atoms with Crippen LogP contribution in [0.2, 0.25) is 0 Å². The molecular weight excluding hydrogens is 462 g/mol. The van der Waals surface area contributed by atoms with Gasteiger partial charge in [0.15, 0.2) is 0 Å². The highest BCUT2D eigenvalue weighted by molar-refractivity contribution is 8.13. The molecule has 8 nitrogen and oxygen atoms in total. The summed E-state index contributed by atoms with van der Waals surface area (Å²) in [4.78, 5) is 17.1. The minimum atomic E-state index is -3.71. The Balaban J connectivity index is 0.000000179. The summed E-state index contributed by atoms with van der Waals surface area (Å²) in [5.74, 6) is -0.00483. The molecule has 1 aromatic heterocycles. The fourth-order valence-electron chi connectivity index (χ4n) is 3.19. The van der Waals surface area contributed by atoms with Crippen molar-refractivity contribution in [1.82, 2.24) is 9.88 Å². The Morgan fingerprint density at radius 1 is 1.00 bits per heavy atom. The van der Waals surface area contributed by atoms with Gasteiger partial charge in [-0.05, 0) is 53.3 Å². The van der Waals surface area contributed by atoms with Crippen LogP contribution >= 0.6 is 10.7 Å². The van der Waals surface area contributed by atoms with E-state index in [0.717, 1.165) is 28.3 Å². The van der Waals surface area contributed by atoms with Gasteiger partial charge in [0.2, 0.25) is 15.9 Å². The molecule has 4 rings (SSSR count). The van der Waals surface area contributed by atoms with Gasteiger partial charge in [-0.2, -0.15) is 0 Å². The highest BCUT2D eigenvalue weighted by Gasteiger charge is 2.20. The van der Waals surface area contributed by atoms with E-state index in [2.05, 4.69) is 4.98 Å². The van der Waals surface area contributed by atoms with Crippen LogP contribution in [-0.4, -0.2) is 39.2 Å². The minimum Gasteiger partial charge on any atom is -0.338 e. The first-order valence-corrected chi connectivity index (χ1v) is 13.0. The van der Waals surface area contributed by atoms with Crippen molar-refractivity contribution in [3.63, 3.8) is 0 Å². The summed E-state index contributed by atoms with van der Waals surface area (Å²) in [6, 6.07) is 11.3. The van der Waals surface area contributed by atoms with Crippen molar-refractivity contribution in [3.05, 3.63) is 66.0 Å². The SMILES string of the molecule is CC(=O)N1CCc2ccc(S(=O)(=O)Cl)cc2C1.NS(=O)(=O)c1ccc2ccncc2c1. The molecule has 31 heavy (non-hydrogen) atoms. The van der Waals surface area contributed by atoms with Crippen LogP contribution in [0.15, 0.2) is 64.6 Å². The fourth-order valence-corrected chi connectivity index (χ4v) is 4.54. The molecule has 2 aromatic carbocycles. The topological polar surface area (TPSA) is 127 Å². The molecule has 0 fully saturated rings. The maximum Gasteiger partial charge on any atom is 0.261 e. The fraction of sp³-hybridized carbons (Fsp3) is 0.200. The second-order valence-corrected chi connectivity index (χ2v) is 11.1. The molecule has 0 unspecified atom stereocenters. The van der Waals surface area contributed by atoms with Gasteiger partial charge in [-0.3, -0.25) is 9.78 Å². The molecule has 1 aliphatic rings. The van der Waals surface area contributed by atoms with Gasteiger partial charge in [0.25, 0.3) is 9.05 Å². The lowest BCUT2D eigenvalue weighted by atomic mass is 10.00. The number of pyridine rings is 1. The van der Waals surface area contributed by atoms with E-state index in [1.165, 1.54) is 25.1 Å². The average molecular weight is 482 g/mol. The molecule has 0 saturated carbocycles. The van der Waals surface area contributed by atoms with Crippen LogP contribution in [0.1, 0.15) is 18.1 Å². The number of fused-ring (bicyclic) bond motifs is 2. The van der Waals surface area contributed by atoms with Crippen molar-refractivity contribution in [3.8, 4) is 0 Å². The Kier molecular flexibility index (Phi) is 6.65. The van der Waals surface area contributed by atoms with Gasteiger partial charge in [0.1, 0.15) is 0 Å². The molecule has 0 radical (unpaired) electrons. The van der Waals surface area contributed by atoms with Crippen LogP contribution in [-0.2, 0) is 36.8 Å². The zero-order chi connectivity index (χ0) is 22.8. The maximum absolute atomic E-state index is 11.3. The second-order valence-electron chi connectivity index (χ2n) is 6.99. The van der Waals surface area contributed by atoms with E-state index in [1.54, 1.807) is 35.5 Å². The molecule has 11 heteroatoms. The number of nitrogens with zero attached hydrogens (tertiary/aromatic N) is 2. The van der Waals surface area contributed by atoms with E-state index in [9.17, 15) is 21.6 Å². The molecule has 3 aromatic rings. The molecule has 0 bridgehead atoms. The van der Waals surface area contributed by atoms with Gasteiger partial charge < -0.3 is 4.90 Å². The summed E-state index contributed by atoms with van der Waals surface area (Å²) in [6.07, 6.45) is 4.00. The Hall–Kier alpha value is -2.53. The molecule has 164 valence electrons. The Bertz CT molecular complexity index is 1360. The molecular formula is C20H20ClN3O5S2. The van der Waals surface area contributed by atoms with Gasteiger partial charge in [-0.25, -0.2) is 22.0 Å². The Labute approximate surface area is 185 Å². The van der Waals surface area contributed by atoms with E-state index in [4.69, 9.17) is 15.8 Å². The average Bonchev–Trinajstić information content (AvgIpc) is 2.71. The molecule has 1 aliphatic heterocycles. The van der Waals surface area contributed by atoms with Gasteiger partial charge in [0, 0.05) is 48.5 Å². The zero-order valence-corrected chi connectivity index (χ0v) is 18.9. The first-order valence-electron chi connectivity index (χ1n) is 9.14. The standard InChI is InChI=1S/C11H12ClNO3S.C9H8N2O2S/c1-8(14)13-5-4-9-2-3-11(17(12,15)16)6-10(9)7-13;10-14(12,13)9-2-1-7-3-4-11-6-8(7)5-9/h2-3,6H,4-5,7H2,1H3;1-6H,(H2,10,12,13). The Morgan fingerprint density at radius 3 is 2.35 bits per heavy atom. The quantitative estimate of drug-likeness (QED) is 0.560. The number of aromatic nitrogens is 1. The van der Waals surface area contributed by atoms with E-state index in [0.29, 0.717) is 13.1 Å². The first kappa shape index (κ1) is 23.1. The number of hydrogen-bond acceptors (Lipinski definition) is 6. The highest BCUT2D eigenvalue weighted by Crippen LogP contribution is 2.24. The number of hydrogen-bond donors (Lipinski definition) is 1. The first-order chi connectivity index (χ1) is 14.4. The number of primary sulfonamides is 1. The number of carbonyl (C=O) groups excluding carboxylic acids is 1. The summed E-state index contributed by atoms with van der Waals surface area (Å²) < 4.78 is 44.5. The second kappa shape index (κ2) is 8.91. The lowest BCUT2D eigenvalue weighted by Gasteiger charge is -2.28. The van der Waals surface area contributed by atoms with Crippen LogP contribution in [0.3, 0.4) is 0 Å². The lowest BCUT2D eigenvalue weighted by molar-refractivity contribution is -0.129. The number of halogens is 1. The van der Waals surface area contributed by atoms with Gasteiger partial charge in [-0.15, -0.1) is 0 Å². The van der Waals surface area contributed by atoms with Gasteiger partial charge in [-0.1, -0.05) is 12.1 Å². The molecule has 1 amide bonds. The van der Waals surface area contributed by atoms with Crippen LogP contribution < -0.4 is 5.14 Å². The number of rotatable bonds is 2.